The van der Waals surface area contributed by atoms with E-state index in [2.05, 4.69) is 40.0 Å². The molecule has 3 aromatic rings. The number of thiophene rings is 1. The largest absolute Gasteiger partial charge is 0.481 e. The van der Waals surface area contributed by atoms with Crippen LogP contribution in [0.2, 0.25) is 0 Å². The lowest BCUT2D eigenvalue weighted by molar-refractivity contribution is -0.141. The van der Waals surface area contributed by atoms with Crippen LogP contribution < -0.4 is 4.90 Å². The number of fused-ring (bicyclic) bond motifs is 1. The molecule has 1 N–H and O–H groups in total. The van der Waals surface area contributed by atoms with E-state index in [1.807, 2.05) is 12.1 Å². The molecule has 0 radical (unpaired) electrons. The average molecular weight is 353 g/mol. The Bertz CT molecular complexity index is 932. The lowest BCUT2D eigenvalue weighted by Crippen LogP contribution is -2.39. The number of anilines is 1. The molecule has 0 aliphatic carbocycles. The van der Waals surface area contributed by atoms with Crippen LogP contribution in [0.3, 0.4) is 0 Å². The zero-order valence-electron chi connectivity index (χ0n) is 14.0. The Morgan fingerprint density at radius 1 is 1.28 bits per heavy atom. The number of hydrogen-bond donors (Lipinski definition) is 1. The van der Waals surface area contributed by atoms with Crippen LogP contribution in [0, 0.1) is 12.8 Å². The maximum atomic E-state index is 11.4. The molecular formula is C19H19N3O2S. The number of rotatable bonds is 3. The predicted molar refractivity (Wildman–Crippen MR) is 100 cm³/mol. The van der Waals surface area contributed by atoms with Crippen molar-refractivity contribution >= 4 is 34.0 Å². The summed E-state index contributed by atoms with van der Waals surface area (Å²) in [5.74, 6) is -0.218. The molecule has 1 fully saturated rings. The Hall–Kier alpha value is -2.47. The van der Waals surface area contributed by atoms with Crippen LogP contribution in [0.25, 0.3) is 21.3 Å². The second-order valence-electron chi connectivity index (χ2n) is 6.43. The topological polar surface area (TPSA) is 66.3 Å². The molecule has 1 unspecified atom stereocenters. The first-order chi connectivity index (χ1) is 12.1. The fourth-order valence-corrected chi connectivity index (χ4v) is 4.39. The number of aryl methyl sites for hydroxylation is 1. The summed E-state index contributed by atoms with van der Waals surface area (Å²) >= 11 is 1.75. The zero-order chi connectivity index (χ0) is 17.4. The fraction of sp³-hybridized carbons (Fsp3) is 0.316. The van der Waals surface area contributed by atoms with E-state index in [1.165, 1.54) is 9.75 Å². The first-order valence-corrected chi connectivity index (χ1v) is 9.23. The van der Waals surface area contributed by atoms with Crippen LogP contribution in [-0.4, -0.2) is 34.1 Å². The summed E-state index contributed by atoms with van der Waals surface area (Å²) in [5, 5.41) is 10.4. The van der Waals surface area contributed by atoms with E-state index < -0.39 is 5.97 Å². The van der Waals surface area contributed by atoms with Crippen LogP contribution >= 0.6 is 11.3 Å². The minimum Gasteiger partial charge on any atom is -0.481 e. The molecule has 1 aliphatic rings. The van der Waals surface area contributed by atoms with E-state index in [4.69, 9.17) is 0 Å². The van der Waals surface area contributed by atoms with Crippen LogP contribution in [0.5, 0.6) is 0 Å². The van der Waals surface area contributed by atoms with Gasteiger partial charge in [-0.05, 0) is 38.0 Å². The minimum absolute atomic E-state index is 0.338. The van der Waals surface area contributed by atoms with Crippen molar-refractivity contribution in [2.24, 2.45) is 5.92 Å². The van der Waals surface area contributed by atoms with Gasteiger partial charge in [0.2, 0.25) is 0 Å². The Labute approximate surface area is 150 Å². The maximum Gasteiger partial charge on any atom is 0.308 e. The van der Waals surface area contributed by atoms with E-state index in [9.17, 15) is 9.90 Å². The van der Waals surface area contributed by atoms with E-state index in [0.29, 0.717) is 6.54 Å². The third kappa shape index (κ3) is 2.98. The van der Waals surface area contributed by atoms with Crippen LogP contribution in [-0.2, 0) is 4.79 Å². The van der Waals surface area contributed by atoms with Crippen molar-refractivity contribution in [1.29, 1.82) is 0 Å². The van der Waals surface area contributed by atoms with Gasteiger partial charge in [-0.15, -0.1) is 11.3 Å². The Morgan fingerprint density at radius 3 is 2.92 bits per heavy atom. The molecule has 6 heteroatoms. The number of carboxylic acid groups (broad SMARTS) is 1. The highest BCUT2D eigenvalue weighted by Crippen LogP contribution is 2.37. The van der Waals surface area contributed by atoms with Crippen molar-refractivity contribution in [2.75, 3.05) is 18.0 Å². The number of carboxylic acids is 1. The van der Waals surface area contributed by atoms with Gasteiger partial charge in [-0.1, -0.05) is 12.1 Å². The fourth-order valence-electron chi connectivity index (χ4n) is 3.49. The standard InChI is InChI=1S/C19H19N3O2S/c1-12-7-8-16(25-12)14-5-2-6-15-17(14)18(21-11-20-15)22-9-3-4-13(10-22)19(23)24/h2,5-8,11,13H,3-4,9-10H2,1H3,(H,23,24). The van der Waals surface area contributed by atoms with E-state index in [1.54, 1.807) is 17.7 Å². The molecule has 3 heterocycles. The average Bonchev–Trinajstić information content (AvgIpc) is 3.07. The second-order valence-corrected chi connectivity index (χ2v) is 7.72. The third-order valence-corrected chi connectivity index (χ3v) is 5.75. The lowest BCUT2D eigenvalue weighted by Gasteiger charge is -2.32. The van der Waals surface area contributed by atoms with Crippen LogP contribution in [0.4, 0.5) is 5.82 Å². The molecular weight excluding hydrogens is 334 g/mol. The number of aromatic nitrogens is 2. The molecule has 1 atom stereocenters. The van der Waals surface area contributed by atoms with Gasteiger partial charge in [0.05, 0.1) is 16.8 Å². The van der Waals surface area contributed by atoms with E-state index >= 15 is 0 Å². The van der Waals surface area contributed by atoms with Gasteiger partial charge in [-0.2, -0.15) is 0 Å². The van der Waals surface area contributed by atoms with Crippen molar-refractivity contribution in [1.82, 2.24) is 9.97 Å². The van der Waals surface area contributed by atoms with Crippen LogP contribution in [0.15, 0.2) is 36.7 Å². The van der Waals surface area contributed by atoms with Gasteiger partial charge in [-0.25, -0.2) is 9.97 Å². The molecule has 1 aromatic carbocycles. The van der Waals surface area contributed by atoms with Crippen molar-refractivity contribution < 1.29 is 9.90 Å². The number of hydrogen-bond acceptors (Lipinski definition) is 5. The first kappa shape index (κ1) is 16.0. The summed E-state index contributed by atoms with van der Waals surface area (Å²) in [5.41, 5.74) is 2.01. The maximum absolute atomic E-state index is 11.4. The second kappa shape index (κ2) is 6.44. The van der Waals surface area contributed by atoms with Gasteiger partial charge >= 0.3 is 5.97 Å². The van der Waals surface area contributed by atoms with Crippen molar-refractivity contribution in [2.45, 2.75) is 19.8 Å². The van der Waals surface area contributed by atoms with Crippen LogP contribution in [0.1, 0.15) is 17.7 Å². The summed E-state index contributed by atoms with van der Waals surface area (Å²) in [6.45, 7) is 3.42. The summed E-state index contributed by atoms with van der Waals surface area (Å²) in [6.07, 6.45) is 3.17. The lowest BCUT2D eigenvalue weighted by atomic mass is 9.97. The normalized spacial score (nSPS) is 17.8. The molecule has 0 saturated carbocycles. The Kier molecular flexibility index (Phi) is 4.13. The van der Waals surface area contributed by atoms with Gasteiger partial charge in [0, 0.05) is 28.4 Å². The predicted octanol–water partition coefficient (Wildman–Crippen LogP) is 3.97. The molecule has 128 valence electrons. The molecule has 2 aromatic heterocycles. The number of benzene rings is 1. The van der Waals surface area contributed by atoms with Gasteiger partial charge in [0.25, 0.3) is 0 Å². The van der Waals surface area contributed by atoms with E-state index in [-0.39, 0.29) is 5.92 Å². The Balaban J connectivity index is 1.85. The molecule has 0 bridgehead atoms. The highest BCUT2D eigenvalue weighted by Gasteiger charge is 2.27. The SMILES string of the molecule is Cc1ccc(-c2cccc3ncnc(N4CCCC(C(=O)O)C4)c23)s1. The summed E-state index contributed by atoms with van der Waals surface area (Å²) in [7, 11) is 0. The molecule has 0 spiro atoms. The Morgan fingerprint density at radius 2 is 2.16 bits per heavy atom. The molecule has 1 aliphatic heterocycles. The van der Waals surface area contributed by atoms with Crippen molar-refractivity contribution in [3.63, 3.8) is 0 Å². The molecule has 25 heavy (non-hydrogen) atoms. The molecule has 0 amide bonds. The third-order valence-electron chi connectivity index (χ3n) is 4.72. The number of carbonyl (C=O) groups is 1. The van der Waals surface area contributed by atoms with Crippen molar-refractivity contribution in [3.05, 3.63) is 41.5 Å². The summed E-state index contributed by atoms with van der Waals surface area (Å²) in [4.78, 5) is 25.0. The summed E-state index contributed by atoms with van der Waals surface area (Å²) < 4.78 is 0. The smallest absolute Gasteiger partial charge is 0.308 e. The quantitative estimate of drug-likeness (QED) is 0.772. The molecule has 4 rings (SSSR count). The molecule has 1 saturated heterocycles. The van der Waals surface area contributed by atoms with Gasteiger partial charge in [-0.3, -0.25) is 4.79 Å². The highest BCUT2D eigenvalue weighted by molar-refractivity contribution is 7.15. The minimum atomic E-state index is -0.725. The number of piperidine rings is 1. The van der Waals surface area contributed by atoms with E-state index in [0.717, 1.165) is 41.7 Å². The van der Waals surface area contributed by atoms with Gasteiger partial charge in [0.1, 0.15) is 12.1 Å². The zero-order valence-corrected chi connectivity index (χ0v) is 14.8. The summed E-state index contributed by atoms with van der Waals surface area (Å²) in [6, 6.07) is 10.3. The molecule has 5 nitrogen and oxygen atoms in total. The monoisotopic (exact) mass is 353 g/mol. The highest BCUT2D eigenvalue weighted by atomic mass is 32.1. The van der Waals surface area contributed by atoms with Gasteiger partial charge < -0.3 is 10.0 Å². The first-order valence-electron chi connectivity index (χ1n) is 8.42. The number of nitrogens with zero attached hydrogens (tertiary/aromatic N) is 3. The van der Waals surface area contributed by atoms with Crippen molar-refractivity contribution in [3.8, 4) is 10.4 Å². The van der Waals surface area contributed by atoms with Gasteiger partial charge in [0.15, 0.2) is 0 Å². The number of aliphatic carboxylic acids is 1.